The summed E-state index contributed by atoms with van der Waals surface area (Å²) in [6.07, 6.45) is 3.02. The minimum absolute atomic E-state index is 0.0210. The zero-order valence-corrected chi connectivity index (χ0v) is 11.9. The highest BCUT2D eigenvalue weighted by Crippen LogP contribution is 2.15. The SMILES string of the molecule is COCCn1cnnc1[C@H](C)NC(=O)c1ncccc1O. The van der Waals surface area contributed by atoms with E-state index in [0.717, 1.165) is 0 Å². The van der Waals surface area contributed by atoms with Gasteiger partial charge in [-0.2, -0.15) is 0 Å². The van der Waals surface area contributed by atoms with Gasteiger partial charge in [0.25, 0.3) is 5.91 Å². The molecular formula is C13H17N5O3. The molecule has 8 heteroatoms. The van der Waals surface area contributed by atoms with E-state index in [0.29, 0.717) is 19.0 Å². The van der Waals surface area contributed by atoms with Gasteiger partial charge in [-0.05, 0) is 19.1 Å². The van der Waals surface area contributed by atoms with Gasteiger partial charge in [-0.25, -0.2) is 4.98 Å². The van der Waals surface area contributed by atoms with Crippen molar-refractivity contribution >= 4 is 5.91 Å². The maximum absolute atomic E-state index is 12.1. The lowest BCUT2D eigenvalue weighted by molar-refractivity contribution is 0.0929. The van der Waals surface area contributed by atoms with Gasteiger partial charge in [-0.1, -0.05) is 0 Å². The molecule has 2 rings (SSSR count). The number of carbonyl (C=O) groups excluding carboxylic acids is 1. The number of hydrogen-bond donors (Lipinski definition) is 2. The van der Waals surface area contributed by atoms with Crippen molar-refractivity contribution in [2.75, 3.05) is 13.7 Å². The number of hydrogen-bond acceptors (Lipinski definition) is 6. The number of aromatic nitrogens is 4. The normalized spacial score (nSPS) is 12.1. The van der Waals surface area contributed by atoms with Crippen molar-refractivity contribution in [3.05, 3.63) is 36.2 Å². The molecule has 0 saturated heterocycles. The molecule has 0 aliphatic carbocycles. The average molecular weight is 291 g/mol. The number of ether oxygens (including phenoxy) is 1. The molecular weight excluding hydrogens is 274 g/mol. The van der Waals surface area contributed by atoms with Crippen LogP contribution < -0.4 is 5.32 Å². The summed E-state index contributed by atoms with van der Waals surface area (Å²) < 4.78 is 6.81. The van der Waals surface area contributed by atoms with Gasteiger partial charge in [0.15, 0.2) is 11.5 Å². The Balaban J connectivity index is 2.08. The summed E-state index contributed by atoms with van der Waals surface area (Å²) in [5.74, 6) is -0.0271. The minimum atomic E-state index is -0.470. The minimum Gasteiger partial charge on any atom is -0.505 e. The molecule has 2 aromatic rings. The van der Waals surface area contributed by atoms with E-state index in [2.05, 4.69) is 20.5 Å². The van der Waals surface area contributed by atoms with Crippen molar-refractivity contribution in [3.8, 4) is 5.75 Å². The molecule has 0 unspecified atom stereocenters. The molecule has 0 bridgehead atoms. The Hall–Kier alpha value is -2.48. The van der Waals surface area contributed by atoms with Crippen LogP contribution in [0.2, 0.25) is 0 Å². The molecule has 2 aromatic heterocycles. The predicted molar refractivity (Wildman–Crippen MR) is 73.7 cm³/mol. The summed E-state index contributed by atoms with van der Waals surface area (Å²) in [5.41, 5.74) is -0.0210. The number of methoxy groups -OCH3 is 1. The zero-order chi connectivity index (χ0) is 15.2. The monoisotopic (exact) mass is 291 g/mol. The first kappa shape index (κ1) is 14.9. The Morgan fingerprint density at radius 3 is 3.10 bits per heavy atom. The van der Waals surface area contributed by atoms with Gasteiger partial charge in [-0.15, -0.1) is 10.2 Å². The molecule has 1 amide bonds. The second-order valence-corrected chi connectivity index (χ2v) is 4.44. The fourth-order valence-corrected chi connectivity index (χ4v) is 1.86. The van der Waals surface area contributed by atoms with Crippen molar-refractivity contribution in [2.45, 2.75) is 19.5 Å². The lowest BCUT2D eigenvalue weighted by Gasteiger charge is -2.14. The van der Waals surface area contributed by atoms with E-state index in [4.69, 9.17) is 4.74 Å². The summed E-state index contributed by atoms with van der Waals surface area (Å²) >= 11 is 0. The van der Waals surface area contributed by atoms with E-state index < -0.39 is 5.91 Å². The molecule has 8 nitrogen and oxygen atoms in total. The molecule has 112 valence electrons. The Morgan fingerprint density at radius 1 is 1.57 bits per heavy atom. The van der Waals surface area contributed by atoms with Crippen LogP contribution in [-0.2, 0) is 11.3 Å². The second kappa shape index (κ2) is 6.80. The molecule has 0 aromatic carbocycles. The van der Waals surface area contributed by atoms with E-state index in [-0.39, 0.29) is 17.5 Å². The molecule has 2 heterocycles. The highest BCUT2D eigenvalue weighted by Gasteiger charge is 2.19. The smallest absolute Gasteiger partial charge is 0.274 e. The standard InChI is InChI=1S/C13H17N5O3/c1-9(12-17-15-8-18(12)6-7-21-2)16-13(20)11-10(19)4-3-5-14-11/h3-5,8-9,19H,6-7H2,1-2H3,(H,16,20)/t9-/m0/s1. The molecule has 2 N–H and O–H groups in total. The molecule has 21 heavy (non-hydrogen) atoms. The summed E-state index contributed by atoms with van der Waals surface area (Å²) in [7, 11) is 1.61. The average Bonchev–Trinajstić information content (AvgIpc) is 2.93. The number of pyridine rings is 1. The maximum atomic E-state index is 12.1. The number of amides is 1. The van der Waals surface area contributed by atoms with Crippen molar-refractivity contribution in [3.63, 3.8) is 0 Å². The quantitative estimate of drug-likeness (QED) is 0.804. The Bertz CT molecular complexity index is 613. The van der Waals surface area contributed by atoms with E-state index in [1.807, 2.05) is 0 Å². The lowest BCUT2D eigenvalue weighted by Crippen LogP contribution is -2.29. The number of carbonyl (C=O) groups is 1. The first-order valence-electron chi connectivity index (χ1n) is 6.45. The van der Waals surface area contributed by atoms with E-state index in [9.17, 15) is 9.90 Å². The first-order chi connectivity index (χ1) is 10.1. The highest BCUT2D eigenvalue weighted by molar-refractivity contribution is 5.94. The third-order valence-corrected chi connectivity index (χ3v) is 2.92. The molecule has 0 saturated carbocycles. The van der Waals surface area contributed by atoms with Crippen LogP contribution in [0.1, 0.15) is 29.3 Å². The van der Waals surface area contributed by atoms with E-state index >= 15 is 0 Å². The zero-order valence-electron chi connectivity index (χ0n) is 11.9. The summed E-state index contributed by atoms with van der Waals surface area (Å²) in [5, 5.41) is 20.2. The lowest BCUT2D eigenvalue weighted by atomic mass is 10.2. The predicted octanol–water partition coefficient (Wildman–Crippen LogP) is 0.516. The molecule has 0 aliphatic rings. The van der Waals surface area contributed by atoms with Gasteiger partial charge in [0.05, 0.1) is 12.6 Å². The van der Waals surface area contributed by atoms with Gasteiger partial charge in [0.2, 0.25) is 0 Å². The molecule has 0 spiro atoms. The highest BCUT2D eigenvalue weighted by atomic mass is 16.5. The van der Waals surface area contributed by atoms with Crippen LogP contribution in [0, 0.1) is 0 Å². The van der Waals surface area contributed by atoms with Crippen LogP contribution in [-0.4, -0.2) is 44.5 Å². The van der Waals surface area contributed by atoms with Gasteiger partial charge < -0.3 is 19.7 Å². The Labute approximate surface area is 121 Å². The molecule has 0 aliphatic heterocycles. The van der Waals surface area contributed by atoms with Gasteiger partial charge in [0, 0.05) is 19.9 Å². The van der Waals surface area contributed by atoms with Crippen LogP contribution >= 0.6 is 0 Å². The van der Waals surface area contributed by atoms with Crippen molar-refractivity contribution in [2.24, 2.45) is 0 Å². The number of nitrogens with zero attached hydrogens (tertiary/aromatic N) is 4. The second-order valence-electron chi connectivity index (χ2n) is 4.44. The largest absolute Gasteiger partial charge is 0.505 e. The molecule has 1 atom stereocenters. The van der Waals surface area contributed by atoms with Gasteiger partial charge >= 0.3 is 0 Å². The number of aromatic hydroxyl groups is 1. The summed E-state index contributed by atoms with van der Waals surface area (Å²) in [4.78, 5) is 15.9. The van der Waals surface area contributed by atoms with Crippen LogP contribution in [0.15, 0.2) is 24.7 Å². The Morgan fingerprint density at radius 2 is 2.38 bits per heavy atom. The number of nitrogens with one attached hydrogen (secondary N) is 1. The first-order valence-corrected chi connectivity index (χ1v) is 6.45. The van der Waals surface area contributed by atoms with Gasteiger partial charge in [-0.3, -0.25) is 4.79 Å². The molecule has 0 fully saturated rings. The fourth-order valence-electron chi connectivity index (χ4n) is 1.86. The topological polar surface area (TPSA) is 102 Å². The summed E-state index contributed by atoms with van der Waals surface area (Å²) in [6.45, 7) is 2.89. The Kier molecular flexibility index (Phi) is 4.83. The van der Waals surface area contributed by atoms with Crippen LogP contribution in [0.5, 0.6) is 5.75 Å². The van der Waals surface area contributed by atoms with Crippen molar-refractivity contribution < 1.29 is 14.6 Å². The van der Waals surface area contributed by atoms with E-state index in [1.54, 1.807) is 31.0 Å². The molecule has 0 radical (unpaired) electrons. The van der Waals surface area contributed by atoms with Gasteiger partial charge in [0.1, 0.15) is 12.1 Å². The van der Waals surface area contributed by atoms with E-state index in [1.165, 1.54) is 12.3 Å². The maximum Gasteiger partial charge on any atom is 0.274 e. The summed E-state index contributed by atoms with van der Waals surface area (Å²) in [6, 6.07) is 2.59. The third-order valence-electron chi connectivity index (χ3n) is 2.92. The fraction of sp³-hybridized carbons (Fsp3) is 0.385. The number of rotatable bonds is 6. The third kappa shape index (κ3) is 3.54. The van der Waals surface area contributed by atoms with Crippen LogP contribution in [0.25, 0.3) is 0 Å². The van der Waals surface area contributed by atoms with Crippen molar-refractivity contribution in [1.29, 1.82) is 0 Å². The van der Waals surface area contributed by atoms with Crippen LogP contribution in [0.4, 0.5) is 0 Å². The van der Waals surface area contributed by atoms with Crippen LogP contribution in [0.3, 0.4) is 0 Å². The van der Waals surface area contributed by atoms with Crippen molar-refractivity contribution in [1.82, 2.24) is 25.1 Å².